The van der Waals surface area contributed by atoms with Gasteiger partial charge in [0.05, 0.1) is 16.7 Å². The van der Waals surface area contributed by atoms with E-state index in [-0.39, 0.29) is 31.0 Å². The van der Waals surface area contributed by atoms with E-state index < -0.39 is 0 Å². The molecule has 0 bridgehead atoms. The first-order valence-corrected chi connectivity index (χ1v) is 13.8. The van der Waals surface area contributed by atoms with Gasteiger partial charge in [-0.25, -0.2) is 4.98 Å². The molecule has 7 nitrogen and oxygen atoms in total. The molecule has 0 spiro atoms. The number of aromatic nitrogens is 2. The number of carbonyl (C=O) groups is 2. The third-order valence-electron chi connectivity index (χ3n) is 7.29. The van der Waals surface area contributed by atoms with Crippen LogP contribution in [0.5, 0.6) is 0 Å². The number of hydrogen-bond donors (Lipinski definition) is 0. The predicted molar refractivity (Wildman–Crippen MR) is 155 cm³/mol. The summed E-state index contributed by atoms with van der Waals surface area (Å²) in [5, 5.41) is 0.582. The number of fused-ring (bicyclic) bond motifs is 1. The lowest BCUT2D eigenvalue weighted by Gasteiger charge is -2.27. The van der Waals surface area contributed by atoms with E-state index in [0.717, 1.165) is 45.8 Å². The molecular formula is C31H33ClN4O3. The highest BCUT2D eigenvalue weighted by atomic mass is 35.5. The lowest BCUT2D eigenvalue weighted by molar-refractivity contribution is -0.120. The maximum Gasteiger partial charge on any atom is 0.248 e. The van der Waals surface area contributed by atoms with E-state index in [1.165, 1.54) is 0 Å². The van der Waals surface area contributed by atoms with Crippen molar-refractivity contribution in [2.75, 3.05) is 29.7 Å². The summed E-state index contributed by atoms with van der Waals surface area (Å²) in [6, 6.07) is 21.2. The molecule has 4 aromatic rings. The van der Waals surface area contributed by atoms with Crippen molar-refractivity contribution in [3.05, 3.63) is 88.7 Å². The minimum absolute atomic E-state index is 0.0117. The Morgan fingerprint density at radius 1 is 1.10 bits per heavy atom. The maximum absolute atomic E-state index is 14.0. The molecule has 3 aromatic carbocycles. The molecule has 39 heavy (non-hydrogen) atoms. The summed E-state index contributed by atoms with van der Waals surface area (Å²) in [6.07, 6.45) is 1.11. The summed E-state index contributed by atoms with van der Waals surface area (Å²) in [4.78, 5) is 35.6. The fourth-order valence-corrected chi connectivity index (χ4v) is 5.59. The van der Waals surface area contributed by atoms with Crippen LogP contribution in [-0.2, 0) is 27.3 Å². The van der Waals surface area contributed by atoms with Crippen molar-refractivity contribution >= 4 is 45.8 Å². The van der Waals surface area contributed by atoms with Gasteiger partial charge in [-0.05, 0) is 61.7 Å². The highest BCUT2D eigenvalue weighted by Crippen LogP contribution is 2.34. The second-order valence-corrected chi connectivity index (χ2v) is 10.2. The summed E-state index contributed by atoms with van der Waals surface area (Å²) in [5.74, 6) is 0.492. The van der Waals surface area contributed by atoms with E-state index in [0.29, 0.717) is 24.6 Å². The van der Waals surface area contributed by atoms with Gasteiger partial charge >= 0.3 is 0 Å². The first kappa shape index (κ1) is 26.9. The lowest BCUT2D eigenvalue weighted by atomic mass is 10.0. The Bertz CT molecular complexity index is 1520. The van der Waals surface area contributed by atoms with Crippen molar-refractivity contribution in [1.82, 2.24) is 9.55 Å². The Morgan fingerprint density at radius 3 is 2.67 bits per heavy atom. The molecule has 1 aliphatic rings. The van der Waals surface area contributed by atoms with Gasteiger partial charge in [-0.1, -0.05) is 54.9 Å². The molecule has 2 amide bonds. The molecular weight excluding hydrogens is 512 g/mol. The van der Waals surface area contributed by atoms with Crippen molar-refractivity contribution in [2.24, 2.45) is 0 Å². The number of aryl methyl sites for hydroxylation is 2. The normalized spacial score (nSPS) is 15.3. The fourth-order valence-electron chi connectivity index (χ4n) is 5.40. The van der Waals surface area contributed by atoms with Gasteiger partial charge in [0, 0.05) is 36.2 Å². The Kier molecular flexibility index (Phi) is 8.00. The number of nitrogens with zero attached hydrogens (tertiary/aromatic N) is 4. The van der Waals surface area contributed by atoms with Crippen LogP contribution in [-0.4, -0.2) is 41.2 Å². The maximum atomic E-state index is 14.0. The number of para-hydroxylation sites is 3. The number of rotatable bonds is 9. The molecule has 1 aromatic heterocycles. The molecule has 0 radical (unpaired) electrons. The van der Waals surface area contributed by atoms with Gasteiger partial charge in [0.15, 0.2) is 0 Å². The van der Waals surface area contributed by atoms with Gasteiger partial charge in [-0.3, -0.25) is 14.5 Å². The molecule has 1 aliphatic heterocycles. The van der Waals surface area contributed by atoms with Crippen molar-refractivity contribution in [3.63, 3.8) is 0 Å². The number of hydrogen-bond acceptors (Lipinski definition) is 4. The molecule has 1 fully saturated rings. The standard InChI is InChI=1S/C31H33ClN4O3/c1-4-22-11-8-10-21(3)30(22)36(20-39-5-2)29(38)19-35-27-15-7-6-14-26(27)33-31(35)23-16-28(37)34(18-23)25-13-9-12-24(32)17-25/h6-15,17,23H,4-5,16,18-20H2,1-3H3. The topological polar surface area (TPSA) is 67.7 Å². The Hall–Kier alpha value is -3.68. The molecule has 0 saturated carbocycles. The molecule has 1 unspecified atom stereocenters. The zero-order chi connectivity index (χ0) is 27.5. The summed E-state index contributed by atoms with van der Waals surface area (Å²) < 4.78 is 7.74. The Labute approximate surface area is 233 Å². The van der Waals surface area contributed by atoms with Gasteiger partial charge in [-0.15, -0.1) is 0 Å². The zero-order valence-electron chi connectivity index (χ0n) is 22.6. The van der Waals surface area contributed by atoms with Gasteiger partial charge in [0.1, 0.15) is 19.1 Å². The van der Waals surface area contributed by atoms with Crippen LogP contribution >= 0.6 is 11.6 Å². The molecule has 1 saturated heterocycles. The minimum Gasteiger partial charge on any atom is -0.361 e. The van der Waals surface area contributed by atoms with Gasteiger partial charge in [0.2, 0.25) is 11.8 Å². The third-order valence-corrected chi connectivity index (χ3v) is 7.52. The summed E-state index contributed by atoms with van der Waals surface area (Å²) in [7, 11) is 0. The van der Waals surface area contributed by atoms with Crippen LogP contribution in [0.1, 0.15) is 43.1 Å². The number of anilines is 2. The van der Waals surface area contributed by atoms with Crippen molar-refractivity contribution in [3.8, 4) is 0 Å². The van der Waals surface area contributed by atoms with Crippen LogP contribution in [0, 0.1) is 6.92 Å². The molecule has 8 heteroatoms. The van der Waals surface area contributed by atoms with Crippen molar-refractivity contribution in [2.45, 2.75) is 46.1 Å². The zero-order valence-corrected chi connectivity index (χ0v) is 23.3. The molecule has 5 rings (SSSR count). The first-order valence-electron chi connectivity index (χ1n) is 13.4. The largest absolute Gasteiger partial charge is 0.361 e. The Balaban J connectivity index is 1.51. The van der Waals surface area contributed by atoms with Crippen LogP contribution in [0.25, 0.3) is 11.0 Å². The average Bonchev–Trinajstić information content (AvgIpc) is 3.50. The van der Waals surface area contributed by atoms with E-state index in [4.69, 9.17) is 21.3 Å². The van der Waals surface area contributed by atoms with Crippen molar-refractivity contribution < 1.29 is 14.3 Å². The second-order valence-electron chi connectivity index (χ2n) is 9.81. The van der Waals surface area contributed by atoms with Gasteiger partial charge in [0.25, 0.3) is 0 Å². The Morgan fingerprint density at radius 2 is 1.90 bits per heavy atom. The van der Waals surface area contributed by atoms with Crippen LogP contribution in [0.4, 0.5) is 11.4 Å². The highest BCUT2D eigenvalue weighted by molar-refractivity contribution is 6.31. The summed E-state index contributed by atoms with van der Waals surface area (Å²) >= 11 is 6.20. The van der Waals surface area contributed by atoms with Crippen LogP contribution < -0.4 is 9.80 Å². The molecule has 2 heterocycles. The van der Waals surface area contributed by atoms with Gasteiger partial charge < -0.3 is 14.2 Å². The monoisotopic (exact) mass is 544 g/mol. The number of carbonyl (C=O) groups excluding carboxylic acids is 2. The fraction of sp³-hybridized carbons (Fsp3) is 0.323. The molecule has 1 atom stereocenters. The number of halogens is 1. The van der Waals surface area contributed by atoms with E-state index in [9.17, 15) is 9.59 Å². The van der Waals surface area contributed by atoms with E-state index >= 15 is 0 Å². The number of benzene rings is 3. The van der Waals surface area contributed by atoms with Gasteiger partial charge in [-0.2, -0.15) is 0 Å². The van der Waals surface area contributed by atoms with Crippen molar-refractivity contribution in [1.29, 1.82) is 0 Å². The van der Waals surface area contributed by atoms with Crippen LogP contribution in [0.15, 0.2) is 66.7 Å². The highest BCUT2D eigenvalue weighted by Gasteiger charge is 2.35. The third kappa shape index (κ3) is 5.42. The quantitative estimate of drug-likeness (QED) is 0.238. The molecule has 0 aliphatic carbocycles. The van der Waals surface area contributed by atoms with E-state index in [1.807, 2.05) is 66.9 Å². The summed E-state index contributed by atoms with van der Waals surface area (Å²) in [5.41, 5.74) is 5.45. The lowest BCUT2D eigenvalue weighted by Crippen LogP contribution is -2.37. The first-order chi connectivity index (χ1) is 18.9. The number of imidazole rings is 1. The van der Waals surface area contributed by atoms with Crippen LogP contribution in [0.3, 0.4) is 0 Å². The molecule has 0 N–H and O–H groups in total. The predicted octanol–water partition coefficient (Wildman–Crippen LogP) is 6.11. The molecule has 202 valence electrons. The van der Waals surface area contributed by atoms with E-state index in [1.54, 1.807) is 21.9 Å². The minimum atomic E-state index is -0.165. The van der Waals surface area contributed by atoms with Crippen LogP contribution in [0.2, 0.25) is 5.02 Å². The smallest absolute Gasteiger partial charge is 0.248 e. The van der Waals surface area contributed by atoms with E-state index in [2.05, 4.69) is 13.0 Å². The number of ether oxygens (including phenoxy) is 1. The average molecular weight is 545 g/mol. The SMILES string of the molecule is CCOCN(C(=O)Cn1c(C2CC(=O)N(c3cccc(Cl)c3)C2)nc2ccccc21)c1c(C)cccc1CC. The summed E-state index contributed by atoms with van der Waals surface area (Å²) in [6.45, 7) is 7.25. The second kappa shape index (κ2) is 11.6. The number of amides is 2.